The summed E-state index contributed by atoms with van der Waals surface area (Å²) in [5.41, 5.74) is -0.561. The molecule has 1 rings (SSSR count). The van der Waals surface area contributed by atoms with Crippen molar-refractivity contribution in [2.24, 2.45) is 5.41 Å². The second kappa shape index (κ2) is 6.64. The van der Waals surface area contributed by atoms with Crippen LogP contribution in [0.25, 0.3) is 0 Å². The molecule has 6 nitrogen and oxygen atoms in total. The number of aliphatic carboxylic acids is 1. The number of hydrogen-bond acceptors (Lipinski definition) is 4. The molecule has 1 aliphatic rings. The Morgan fingerprint density at radius 1 is 1.38 bits per heavy atom. The molecule has 0 spiro atoms. The molecule has 0 aromatic rings. The maximum Gasteiger partial charge on any atom is 0.407 e. The number of carboxylic acid groups (broad SMARTS) is 1. The minimum atomic E-state index is -0.767. The van der Waals surface area contributed by atoms with Crippen LogP contribution < -0.4 is 5.32 Å². The van der Waals surface area contributed by atoms with Crippen molar-refractivity contribution in [2.45, 2.75) is 59.1 Å². The standard InChI is InChI=1S/C15H28N2O4/c1-14(2,3)21-13(20)16-11-9-17(10-15(11,4)5)8-6-7-12(18)19/h11H,6-10H2,1-5H3,(H,16,20)(H,18,19)/t11-/m0/s1. The van der Waals surface area contributed by atoms with Gasteiger partial charge in [0, 0.05) is 19.5 Å². The van der Waals surface area contributed by atoms with Gasteiger partial charge in [-0.3, -0.25) is 4.79 Å². The van der Waals surface area contributed by atoms with Gasteiger partial charge in [-0.15, -0.1) is 0 Å². The molecule has 1 fully saturated rings. The molecule has 0 radical (unpaired) electrons. The van der Waals surface area contributed by atoms with E-state index in [-0.39, 0.29) is 17.9 Å². The van der Waals surface area contributed by atoms with E-state index in [4.69, 9.17) is 9.84 Å². The predicted molar refractivity (Wildman–Crippen MR) is 80.2 cm³/mol. The van der Waals surface area contributed by atoms with E-state index in [0.717, 1.165) is 19.6 Å². The fourth-order valence-corrected chi connectivity index (χ4v) is 2.57. The molecule has 1 atom stereocenters. The quantitative estimate of drug-likeness (QED) is 0.813. The third-order valence-corrected chi connectivity index (χ3v) is 3.57. The Morgan fingerprint density at radius 3 is 2.52 bits per heavy atom. The number of hydrogen-bond donors (Lipinski definition) is 2. The third kappa shape index (κ3) is 6.33. The first-order valence-electron chi connectivity index (χ1n) is 7.43. The fraction of sp³-hybridized carbons (Fsp3) is 0.867. The molecule has 0 unspecified atom stereocenters. The number of amides is 1. The molecule has 1 saturated heterocycles. The average molecular weight is 300 g/mol. The molecular weight excluding hydrogens is 272 g/mol. The lowest BCUT2D eigenvalue weighted by Crippen LogP contribution is -2.46. The van der Waals surface area contributed by atoms with E-state index >= 15 is 0 Å². The Balaban J connectivity index is 2.47. The fourth-order valence-electron chi connectivity index (χ4n) is 2.57. The summed E-state index contributed by atoms with van der Waals surface area (Å²) in [6.07, 6.45) is 0.416. The highest BCUT2D eigenvalue weighted by atomic mass is 16.6. The van der Waals surface area contributed by atoms with Gasteiger partial charge >= 0.3 is 12.1 Å². The van der Waals surface area contributed by atoms with Crippen molar-refractivity contribution in [3.63, 3.8) is 0 Å². The van der Waals surface area contributed by atoms with Gasteiger partial charge in [0.2, 0.25) is 0 Å². The van der Waals surface area contributed by atoms with Gasteiger partial charge in [-0.2, -0.15) is 0 Å². The summed E-state index contributed by atoms with van der Waals surface area (Å²) in [6, 6.07) is 0.0113. The Bertz CT molecular complexity index is 388. The Labute approximate surface area is 126 Å². The second-order valence-corrected chi connectivity index (χ2v) is 7.42. The highest BCUT2D eigenvalue weighted by Gasteiger charge is 2.40. The molecule has 0 aliphatic carbocycles. The van der Waals surface area contributed by atoms with Crippen LogP contribution in [0.4, 0.5) is 4.79 Å². The van der Waals surface area contributed by atoms with Crippen LogP contribution >= 0.6 is 0 Å². The Kier molecular flexibility index (Phi) is 5.61. The zero-order chi connectivity index (χ0) is 16.3. The smallest absolute Gasteiger partial charge is 0.407 e. The highest BCUT2D eigenvalue weighted by molar-refractivity contribution is 5.68. The highest BCUT2D eigenvalue weighted by Crippen LogP contribution is 2.30. The van der Waals surface area contributed by atoms with Crippen LogP contribution in [0, 0.1) is 5.41 Å². The van der Waals surface area contributed by atoms with E-state index in [1.165, 1.54) is 0 Å². The minimum absolute atomic E-state index is 0.0113. The number of carbonyl (C=O) groups excluding carboxylic acids is 1. The first-order valence-corrected chi connectivity index (χ1v) is 7.43. The predicted octanol–water partition coefficient (Wildman–Crippen LogP) is 2.09. The topological polar surface area (TPSA) is 78.9 Å². The number of carbonyl (C=O) groups is 2. The van der Waals surface area contributed by atoms with Crippen LogP contribution in [0.15, 0.2) is 0 Å². The van der Waals surface area contributed by atoms with Crippen LogP contribution in [-0.2, 0) is 9.53 Å². The van der Waals surface area contributed by atoms with E-state index < -0.39 is 17.7 Å². The van der Waals surface area contributed by atoms with Gasteiger partial charge in [0.1, 0.15) is 5.60 Å². The number of carboxylic acids is 1. The lowest BCUT2D eigenvalue weighted by Gasteiger charge is -2.28. The number of nitrogens with one attached hydrogen (secondary N) is 1. The van der Waals surface area contributed by atoms with Crippen LogP contribution in [-0.4, -0.2) is 53.3 Å². The van der Waals surface area contributed by atoms with E-state index in [1.54, 1.807) is 0 Å². The molecule has 21 heavy (non-hydrogen) atoms. The normalized spacial score (nSPS) is 22.0. The van der Waals surface area contributed by atoms with Crippen molar-refractivity contribution in [2.75, 3.05) is 19.6 Å². The van der Waals surface area contributed by atoms with Gasteiger partial charge in [-0.05, 0) is 39.2 Å². The van der Waals surface area contributed by atoms with Gasteiger partial charge in [-0.25, -0.2) is 4.79 Å². The molecule has 122 valence electrons. The Morgan fingerprint density at radius 2 is 2.00 bits per heavy atom. The summed E-state index contributed by atoms with van der Waals surface area (Å²) in [7, 11) is 0. The van der Waals surface area contributed by atoms with Crippen molar-refractivity contribution in [3.8, 4) is 0 Å². The summed E-state index contributed by atoms with van der Waals surface area (Å²) in [4.78, 5) is 24.6. The van der Waals surface area contributed by atoms with E-state index in [9.17, 15) is 9.59 Å². The summed E-state index contributed by atoms with van der Waals surface area (Å²) < 4.78 is 5.29. The molecule has 1 aliphatic heterocycles. The maximum atomic E-state index is 11.9. The Hall–Kier alpha value is -1.30. The zero-order valence-corrected chi connectivity index (χ0v) is 13.7. The van der Waals surface area contributed by atoms with Crippen molar-refractivity contribution in [1.29, 1.82) is 0 Å². The lowest BCUT2D eigenvalue weighted by molar-refractivity contribution is -0.137. The second-order valence-electron chi connectivity index (χ2n) is 7.42. The summed E-state index contributed by atoms with van der Waals surface area (Å²) in [6.45, 7) is 12.0. The number of nitrogens with zero attached hydrogens (tertiary/aromatic N) is 1. The molecule has 1 heterocycles. The SMILES string of the molecule is CC(C)(C)OC(=O)N[C@H]1CN(CCCC(=O)O)CC1(C)C. The molecular formula is C15H28N2O4. The first-order chi connectivity index (χ1) is 9.49. The van der Waals surface area contributed by atoms with Crippen molar-refractivity contribution in [3.05, 3.63) is 0 Å². The maximum absolute atomic E-state index is 11.9. The molecule has 0 aromatic heterocycles. The number of rotatable bonds is 5. The van der Waals surface area contributed by atoms with Crippen molar-refractivity contribution >= 4 is 12.1 Å². The van der Waals surface area contributed by atoms with Crippen LogP contribution in [0.5, 0.6) is 0 Å². The van der Waals surface area contributed by atoms with Crippen LogP contribution in [0.1, 0.15) is 47.5 Å². The molecule has 0 bridgehead atoms. The van der Waals surface area contributed by atoms with Crippen LogP contribution in [0.3, 0.4) is 0 Å². The van der Waals surface area contributed by atoms with Gasteiger partial charge in [0.05, 0.1) is 6.04 Å². The van der Waals surface area contributed by atoms with Gasteiger partial charge in [-0.1, -0.05) is 13.8 Å². The number of likely N-dealkylation sites (tertiary alicyclic amines) is 1. The molecule has 2 N–H and O–H groups in total. The molecule has 1 amide bonds. The minimum Gasteiger partial charge on any atom is -0.481 e. The zero-order valence-electron chi connectivity index (χ0n) is 13.7. The summed E-state index contributed by atoms with van der Waals surface area (Å²) in [5.74, 6) is -0.767. The van der Waals surface area contributed by atoms with Crippen LogP contribution in [0.2, 0.25) is 0 Å². The van der Waals surface area contributed by atoms with Gasteiger partial charge in [0.25, 0.3) is 0 Å². The van der Waals surface area contributed by atoms with E-state index in [2.05, 4.69) is 24.1 Å². The van der Waals surface area contributed by atoms with E-state index in [0.29, 0.717) is 6.42 Å². The first kappa shape index (κ1) is 17.8. The summed E-state index contributed by atoms with van der Waals surface area (Å²) >= 11 is 0. The number of alkyl carbamates (subject to hydrolysis) is 1. The largest absolute Gasteiger partial charge is 0.481 e. The summed E-state index contributed by atoms with van der Waals surface area (Å²) in [5, 5.41) is 11.6. The molecule has 0 aromatic carbocycles. The monoisotopic (exact) mass is 300 g/mol. The average Bonchev–Trinajstić information content (AvgIpc) is 2.50. The number of ether oxygens (including phenoxy) is 1. The van der Waals surface area contributed by atoms with Gasteiger partial charge < -0.3 is 20.1 Å². The van der Waals surface area contributed by atoms with Crippen molar-refractivity contribution < 1.29 is 19.4 Å². The molecule has 0 saturated carbocycles. The van der Waals surface area contributed by atoms with Gasteiger partial charge in [0.15, 0.2) is 0 Å². The van der Waals surface area contributed by atoms with E-state index in [1.807, 2.05) is 20.8 Å². The molecule has 6 heteroatoms. The van der Waals surface area contributed by atoms with Crippen molar-refractivity contribution in [1.82, 2.24) is 10.2 Å². The third-order valence-electron chi connectivity index (χ3n) is 3.57. The lowest BCUT2D eigenvalue weighted by atomic mass is 9.88.